The van der Waals surface area contributed by atoms with Gasteiger partial charge in [-0.2, -0.15) is 0 Å². The fourth-order valence-corrected chi connectivity index (χ4v) is 2.98. The topological polar surface area (TPSA) is 109 Å². The largest absolute Gasteiger partial charge is 0.459 e. The summed E-state index contributed by atoms with van der Waals surface area (Å²) in [5.41, 5.74) is 0.931. The van der Waals surface area contributed by atoms with Crippen molar-refractivity contribution < 1.29 is 18.9 Å². The summed E-state index contributed by atoms with van der Waals surface area (Å²) >= 11 is 0. The second-order valence-electron chi connectivity index (χ2n) is 6.26. The van der Waals surface area contributed by atoms with Crippen LogP contribution in [0.2, 0.25) is 0 Å². The molecule has 1 aromatic heterocycles. The number of carbonyl (C=O) groups excluding carboxylic acids is 2. The number of benzene rings is 1. The minimum absolute atomic E-state index is 0.0497. The zero-order chi connectivity index (χ0) is 19.4. The molecule has 0 radical (unpaired) electrons. The summed E-state index contributed by atoms with van der Waals surface area (Å²) in [6.07, 6.45) is 1.40. The number of rotatable bonds is 5. The van der Waals surface area contributed by atoms with Gasteiger partial charge in [0.15, 0.2) is 5.76 Å². The summed E-state index contributed by atoms with van der Waals surface area (Å²) in [4.78, 5) is 38.6. The van der Waals surface area contributed by atoms with E-state index in [0.29, 0.717) is 26.2 Å². The van der Waals surface area contributed by atoms with Crippen molar-refractivity contribution in [2.24, 2.45) is 0 Å². The molecule has 27 heavy (non-hydrogen) atoms. The maximum Gasteiger partial charge on any atom is 0.287 e. The van der Waals surface area contributed by atoms with Crippen LogP contribution in [-0.2, 0) is 4.79 Å². The molecule has 0 spiro atoms. The van der Waals surface area contributed by atoms with E-state index < -0.39 is 16.9 Å². The normalized spacial score (nSPS) is 15.3. The molecule has 9 nitrogen and oxygen atoms in total. The van der Waals surface area contributed by atoms with Gasteiger partial charge in [-0.3, -0.25) is 19.7 Å². The first-order chi connectivity index (χ1) is 13.0. The zero-order valence-electron chi connectivity index (χ0n) is 14.8. The van der Waals surface area contributed by atoms with E-state index in [1.165, 1.54) is 24.5 Å². The monoisotopic (exact) mass is 372 g/mol. The van der Waals surface area contributed by atoms with E-state index in [4.69, 9.17) is 4.42 Å². The molecule has 1 N–H and O–H groups in total. The Morgan fingerprint density at radius 3 is 2.37 bits per heavy atom. The number of non-ortho nitro benzene ring substituents is 1. The van der Waals surface area contributed by atoms with Crippen LogP contribution in [0, 0.1) is 10.1 Å². The maximum atomic E-state index is 12.6. The maximum absolute atomic E-state index is 12.6. The van der Waals surface area contributed by atoms with E-state index in [1.54, 1.807) is 30.0 Å². The van der Waals surface area contributed by atoms with Crippen LogP contribution in [0.15, 0.2) is 47.1 Å². The molecule has 1 saturated heterocycles. The van der Waals surface area contributed by atoms with E-state index in [9.17, 15) is 19.7 Å². The Morgan fingerprint density at radius 1 is 1.15 bits per heavy atom. The van der Waals surface area contributed by atoms with Crippen LogP contribution in [0.25, 0.3) is 0 Å². The van der Waals surface area contributed by atoms with Crippen molar-refractivity contribution in [2.75, 3.05) is 31.1 Å². The first kappa shape index (κ1) is 18.4. The van der Waals surface area contributed by atoms with Gasteiger partial charge in [0.1, 0.15) is 6.04 Å². The summed E-state index contributed by atoms with van der Waals surface area (Å²) < 4.78 is 5.02. The molecule has 9 heteroatoms. The smallest absolute Gasteiger partial charge is 0.287 e. The number of anilines is 1. The van der Waals surface area contributed by atoms with Crippen LogP contribution in [-0.4, -0.2) is 53.9 Å². The lowest BCUT2D eigenvalue weighted by Crippen LogP contribution is -2.54. The molecule has 1 atom stereocenters. The molecular formula is C18H20N4O5. The highest BCUT2D eigenvalue weighted by molar-refractivity contribution is 5.95. The van der Waals surface area contributed by atoms with Crippen molar-refractivity contribution in [1.29, 1.82) is 0 Å². The minimum atomic E-state index is -0.659. The highest BCUT2D eigenvalue weighted by atomic mass is 16.6. The van der Waals surface area contributed by atoms with Gasteiger partial charge in [0.05, 0.1) is 11.2 Å². The lowest BCUT2D eigenvalue weighted by molar-refractivity contribution is -0.384. The van der Waals surface area contributed by atoms with Crippen LogP contribution in [0.5, 0.6) is 0 Å². The van der Waals surface area contributed by atoms with E-state index in [2.05, 4.69) is 10.2 Å². The number of furan rings is 1. The molecule has 2 amide bonds. The predicted octanol–water partition coefficient (Wildman–Crippen LogP) is 1.65. The molecule has 0 aliphatic carbocycles. The second-order valence-corrected chi connectivity index (χ2v) is 6.26. The number of nitrogens with zero attached hydrogens (tertiary/aromatic N) is 3. The van der Waals surface area contributed by atoms with Gasteiger partial charge in [0.2, 0.25) is 5.91 Å². The molecule has 1 aliphatic rings. The third-order valence-corrected chi connectivity index (χ3v) is 4.48. The van der Waals surface area contributed by atoms with Gasteiger partial charge in [0.25, 0.3) is 11.6 Å². The summed E-state index contributed by atoms with van der Waals surface area (Å²) in [7, 11) is 0. The molecule has 1 aliphatic heterocycles. The van der Waals surface area contributed by atoms with Gasteiger partial charge in [-0.1, -0.05) is 0 Å². The average Bonchev–Trinajstić information content (AvgIpc) is 3.22. The number of nitrogens with one attached hydrogen (secondary N) is 1. The quantitative estimate of drug-likeness (QED) is 0.631. The third kappa shape index (κ3) is 4.25. The second kappa shape index (κ2) is 7.90. The molecule has 0 saturated carbocycles. The van der Waals surface area contributed by atoms with Crippen LogP contribution in [0.1, 0.15) is 17.5 Å². The molecule has 1 fully saturated rings. The SMILES string of the molecule is C[C@H](NC(=O)c1ccco1)C(=O)N1CCN(c2ccc([N+](=O)[O-])cc2)CC1. The molecule has 2 heterocycles. The molecule has 1 aromatic carbocycles. The number of hydrogen-bond acceptors (Lipinski definition) is 6. The van der Waals surface area contributed by atoms with Crippen molar-refractivity contribution in [3.05, 3.63) is 58.5 Å². The Hall–Kier alpha value is -3.36. The van der Waals surface area contributed by atoms with Crippen LogP contribution in [0.4, 0.5) is 11.4 Å². The number of nitro groups is 1. The van der Waals surface area contributed by atoms with E-state index >= 15 is 0 Å². The minimum Gasteiger partial charge on any atom is -0.459 e. The summed E-state index contributed by atoms with van der Waals surface area (Å²) in [6, 6.07) is 8.85. The number of piperazine rings is 1. The Bertz CT molecular complexity index is 811. The lowest BCUT2D eigenvalue weighted by Gasteiger charge is -2.37. The van der Waals surface area contributed by atoms with Crippen LogP contribution >= 0.6 is 0 Å². The van der Waals surface area contributed by atoms with Gasteiger partial charge >= 0.3 is 0 Å². The molecular weight excluding hydrogens is 352 g/mol. The van der Waals surface area contributed by atoms with Crippen LogP contribution < -0.4 is 10.2 Å². The van der Waals surface area contributed by atoms with Crippen molar-refractivity contribution in [1.82, 2.24) is 10.2 Å². The fraction of sp³-hybridized carbons (Fsp3) is 0.333. The van der Waals surface area contributed by atoms with Crippen molar-refractivity contribution >= 4 is 23.2 Å². The van der Waals surface area contributed by atoms with Crippen molar-refractivity contribution in [3.63, 3.8) is 0 Å². The van der Waals surface area contributed by atoms with Gasteiger partial charge < -0.3 is 19.5 Å². The van der Waals surface area contributed by atoms with Crippen molar-refractivity contribution in [3.8, 4) is 0 Å². The van der Waals surface area contributed by atoms with Crippen molar-refractivity contribution in [2.45, 2.75) is 13.0 Å². The number of carbonyl (C=O) groups is 2. The number of hydrogen-bond donors (Lipinski definition) is 1. The molecule has 2 aromatic rings. The predicted molar refractivity (Wildman–Crippen MR) is 97.5 cm³/mol. The third-order valence-electron chi connectivity index (χ3n) is 4.48. The molecule has 0 bridgehead atoms. The molecule has 142 valence electrons. The summed E-state index contributed by atoms with van der Waals surface area (Å²) in [5, 5.41) is 13.4. The Morgan fingerprint density at radius 2 is 1.81 bits per heavy atom. The highest BCUT2D eigenvalue weighted by Gasteiger charge is 2.26. The fourth-order valence-electron chi connectivity index (χ4n) is 2.98. The standard InChI is InChI=1S/C18H20N4O5/c1-13(19-17(23)16-3-2-12-27-16)18(24)21-10-8-20(9-11-21)14-4-6-15(7-5-14)22(25)26/h2-7,12-13H,8-11H2,1H3,(H,19,23)/t13-/m0/s1. The van der Waals surface area contributed by atoms with Gasteiger partial charge in [-0.15, -0.1) is 0 Å². The zero-order valence-corrected chi connectivity index (χ0v) is 14.8. The Labute approximate surface area is 155 Å². The summed E-state index contributed by atoms with van der Waals surface area (Å²) in [5.74, 6) is -0.415. The van der Waals surface area contributed by atoms with E-state index in [0.717, 1.165) is 5.69 Å². The van der Waals surface area contributed by atoms with Gasteiger partial charge in [-0.25, -0.2) is 0 Å². The highest BCUT2D eigenvalue weighted by Crippen LogP contribution is 2.20. The van der Waals surface area contributed by atoms with Gasteiger partial charge in [0, 0.05) is 44.0 Å². The first-order valence-corrected chi connectivity index (χ1v) is 8.58. The van der Waals surface area contributed by atoms with E-state index in [1.807, 2.05) is 0 Å². The van der Waals surface area contributed by atoms with Crippen LogP contribution in [0.3, 0.4) is 0 Å². The van der Waals surface area contributed by atoms with E-state index in [-0.39, 0.29) is 17.4 Å². The molecule has 3 rings (SSSR count). The first-order valence-electron chi connectivity index (χ1n) is 8.58. The average molecular weight is 372 g/mol. The lowest BCUT2D eigenvalue weighted by atomic mass is 10.2. The Kier molecular flexibility index (Phi) is 5.39. The van der Waals surface area contributed by atoms with Gasteiger partial charge in [-0.05, 0) is 31.2 Å². The summed E-state index contributed by atoms with van der Waals surface area (Å²) in [6.45, 7) is 3.89. The number of nitro benzene ring substituents is 1. The molecule has 0 unspecified atom stereocenters. The Balaban J connectivity index is 1.52. The number of amides is 2.